The van der Waals surface area contributed by atoms with Crippen LogP contribution < -0.4 is 10.5 Å². The van der Waals surface area contributed by atoms with Gasteiger partial charge in [-0.25, -0.2) is 0 Å². The Morgan fingerprint density at radius 1 is 1.45 bits per heavy atom. The monoisotopic (exact) mass is 296 g/mol. The maximum atomic E-state index is 10.7. The van der Waals surface area contributed by atoms with Gasteiger partial charge in [0, 0.05) is 6.54 Å². The number of methoxy groups -OCH3 is 1. The summed E-state index contributed by atoms with van der Waals surface area (Å²) in [4.78, 5) is 13.0. The van der Waals surface area contributed by atoms with Gasteiger partial charge in [-0.05, 0) is 24.2 Å². The molecule has 0 amide bonds. The number of carbonyl (C=O) groups is 1. The molecular formula is C14H20N2O3S. The Morgan fingerprint density at radius 3 is 2.45 bits per heavy atom. The Balaban J connectivity index is 2.95. The van der Waals surface area contributed by atoms with E-state index >= 15 is 0 Å². The van der Waals surface area contributed by atoms with Gasteiger partial charge >= 0.3 is 5.97 Å². The summed E-state index contributed by atoms with van der Waals surface area (Å²) in [5, 5.41) is 8.81. The molecule has 0 saturated heterocycles. The number of carboxylic acids is 1. The fourth-order valence-electron chi connectivity index (χ4n) is 2.05. The first-order valence-electron chi connectivity index (χ1n) is 6.38. The summed E-state index contributed by atoms with van der Waals surface area (Å²) in [5.41, 5.74) is 6.77. The molecule has 0 aliphatic heterocycles. The normalized spacial score (nSPS) is 12.2. The fourth-order valence-corrected chi connectivity index (χ4v) is 2.34. The van der Waals surface area contributed by atoms with Crippen LogP contribution in [0.4, 0.5) is 0 Å². The zero-order valence-corrected chi connectivity index (χ0v) is 12.5. The van der Waals surface area contributed by atoms with Gasteiger partial charge in [-0.15, -0.1) is 0 Å². The molecule has 0 bridgehead atoms. The van der Waals surface area contributed by atoms with Crippen LogP contribution in [0.5, 0.6) is 5.75 Å². The topological polar surface area (TPSA) is 75.8 Å². The Morgan fingerprint density at radius 2 is 2.05 bits per heavy atom. The molecule has 1 aromatic carbocycles. The van der Waals surface area contributed by atoms with E-state index < -0.39 is 5.97 Å². The first-order chi connectivity index (χ1) is 9.49. The zero-order valence-electron chi connectivity index (χ0n) is 11.7. The van der Waals surface area contributed by atoms with Gasteiger partial charge in [-0.1, -0.05) is 31.3 Å². The third-order valence-electron chi connectivity index (χ3n) is 3.09. The molecule has 20 heavy (non-hydrogen) atoms. The highest BCUT2D eigenvalue weighted by Crippen LogP contribution is 2.23. The molecule has 0 fully saturated rings. The molecule has 5 nitrogen and oxygen atoms in total. The number of benzene rings is 1. The molecule has 1 rings (SSSR count). The molecule has 110 valence electrons. The Hall–Kier alpha value is -1.66. The highest BCUT2D eigenvalue weighted by Gasteiger charge is 2.22. The summed E-state index contributed by atoms with van der Waals surface area (Å²) < 4.78 is 5.12. The molecule has 0 aliphatic carbocycles. The van der Waals surface area contributed by atoms with Crippen LogP contribution in [0.1, 0.15) is 24.9 Å². The largest absolute Gasteiger partial charge is 0.497 e. The lowest BCUT2D eigenvalue weighted by atomic mass is 10.0. The number of nitrogens with two attached hydrogens (primary N) is 1. The summed E-state index contributed by atoms with van der Waals surface area (Å²) in [6, 6.07) is 7.20. The summed E-state index contributed by atoms with van der Waals surface area (Å²) in [6.07, 6.45) is 0.0586. The second-order valence-electron chi connectivity index (χ2n) is 4.35. The minimum absolute atomic E-state index is 0.0586. The number of rotatable bonds is 8. The average molecular weight is 296 g/mol. The summed E-state index contributed by atoms with van der Waals surface area (Å²) >= 11 is 5.14. The van der Waals surface area contributed by atoms with Crippen LogP contribution in [-0.2, 0) is 4.79 Å². The van der Waals surface area contributed by atoms with Crippen molar-refractivity contribution in [2.24, 2.45) is 5.73 Å². The van der Waals surface area contributed by atoms with E-state index in [1.165, 1.54) is 0 Å². The molecule has 0 aliphatic rings. The van der Waals surface area contributed by atoms with Crippen molar-refractivity contribution in [1.29, 1.82) is 0 Å². The van der Waals surface area contributed by atoms with Crippen molar-refractivity contribution >= 4 is 23.2 Å². The quantitative estimate of drug-likeness (QED) is 0.713. The molecule has 1 atom stereocenters. The number of thiocarbonyl (C=S) groups is 1. The van der Waals surface area contributed by atoms with E-state index in [4.69, 9.17) is 27.8 Å². The SMILES string of the molecule is CCN(CCC(=O)O)C(C(N)=S)c1ccc(OC)cc1. The van der Waals surface area contributed by atoms with Crippen LogP contribution in [0.3, 0.4) is 0 Å². The van der Waals surface area contributed by atoms with E-state index in [-0.39, 0.29) is 12.5 Å². The lowest BCUT2D eigenvalue weighted by Crippen LogP contribution is -2.38. The number of carboxylic acid groups (broad SMARTS) is 1. The van der Waals surface area contributed by atoms with Gasteiger partial charge < -0.3 is 15.6 Å². The van der Waals surface area contributed by atoms with Crippen molar-refractivity contribution < 1.29 is 14.6 Å². The summed E-state index contributed by atoms with van der Waals surface area (Å²) in [5.74, 6) is -0.0797. The number of aliphatic carboxylic acids is 1. The molecule has 1 aromatic rings. The van der Waals surface area contributed by atoms with Crippen LogP contribution in [0.2, 0.25) is 0 Å². The Labute approximate surface area is 124 Å². The third kappa shape index (κ3) is 4.47. The molecule has 6 heteroatoms. The summed E-state index contributed by atoms with van der Waals surface area (Å²) in [7, 11) is 1.60. The van der Waals surface area contributed by atoms with E-state index in [0.29, 0.717) is 18.1 Å². The van der Waals surface area contributed by atoms with Crippen molar-refractivity contribution in [2.75, 3.05) is 20.2 Å². The molecule has 0 saturated carbocycles. The fraction of sp³-hybridized carbons (Fsp3) is 0.429. The standard InChI is InChI=1S/C14H20N2O3S/c1-3-16(9-8-12(17)18)13(14(15)20)10-4-6-11(19-2)7-5-10/h4-7,13H,3,8-9H2,1-2H3,(H2,15,20)(H,17,18). The van der Waals surface area contributed by atoms with Crippen molar-refractivity contribution in [2.45, 2.75) is 19.4 Å². The van der Waals surface area contributed by atoms with E-state index in [1.54, 1.807) is 7.11 Å². The lowest BCUT2D eigenvalue weighted by Gasteiger charge is -2.30. The van der Waals surface area contributed by atoms with Gasteiger partial charge in [-0.2, -0.15) is 0 Å². The number of likely N-dealkylation sites (N-methyl/N-ethyl adjacent to an activating group) is 1. The van der Waals surface area contributed by atoms with Gasteiger partial charge in [-0.3, -0.25) is 9.69 Å². The number of hydrogen-bond acceptors (Lipinski definition) is 4. The number of hydrogen-bond donors (Lipinski definition) is 2. The van der Waals surface area contributed by atoms with E-state index in [1.807, 2.05) is 36.1 Å². The number of ether oxygens (including phenoxy) is 1. The van der Waals surface area contributed by atoms with Gasteiger partial charge in [0.25, 0.3) is 0 Å². The van der Waals surface area contributed by atoms with E-state index in [0.717, 1.165) is 11.3 Å². The number of nitrogens with zero attached hydrogens (tertiary/aromatic N) is 1. The second kappa shape index (κ2) is 7.81. The van der Waals surface area contributed by atoms with Crippen molar-refractivity contribution in [3.8, 4) is 5.75 Å². The summed E-state index contributed by atoms with van der Waals surface area (Å²) in [6.45, 7) is 3.03. The highest BCUT2D eigenvalue weighted by molar-refractivity contribution is 7.80. The molecule has 0 heterocycles. The molecule has 3 N–H and O–H groups in total. The molecule has 0 radical (unpaired) electrons. The third-order valence-corrected chi connectivity index (χ3v) is 3.31. The van der Waals surface area contributed by atoms with Crippen LogP contribution in [0, 0.1) is 0 Å². The van der Waals surface area contributed by atoms with Crippen LogP contribution in [-0.4, -0.2) is 41.2 Å². The molecule has 0 spiro atoms. The van der Waals surface area contributed by atoms with Crippen molar-refractivity contribution in [1.82, 2.24) is 4.90 Å². The van der Waals surface area contributed by atoms with Crippen molar-refractivity contribution in [3.05, 3.63) is 29.8 Å². The minimum Gasteiger partial charge on any atom is -0.497 e. The molecular weight excluding hydrogens is 276 g/mol. The maximum absolute atomic E-state index is 10.7. The predicted molar refractivity (Wildman–Crippen MR) is 82.0 cm³/mol. The van der Waals surface area contributed by atoms with Crippen LogP contribution >= 0.6 is 12.2 Å². The average Bonchev–Trinajstić information content (AvgIpc) is 2.43. The predicted octanol–water partition coefficient (Wildman–Crippen LogP) is 1.82. The molecule has 0 aromatic heterocycles. The smallest absolute Gasteiger partial charge is 0.304 e. The second-order valence-corrected chi connectivity index (χ2v) is 4.82. The van der Waals surface area contributed by atoms with Crippen LogP contribution in [0.25, 0.3) is 0 Å². The maximum Gasteiger partial charge on any atom is 0.304 e. The van der Waals surface area contributed by atoms with Gasteiger partial charge in [0.05, 0.1) is 24.6 Å². The Kier molecular flexibility index (Phi) is 6.41. The van der Waals surface area contributed by atoms with Gasteiger partial charge in [0.15, 0.2) is 0 Å². The first-order valence-corrected chi connectivity index (χ1v) is 6.79. The first kappa shape index (κ1) is 16.4. The minimum atomic E-state index is -0.833. The zero-order chi connectivity index (χ0) is 15.1. The van der Waals surface area contributed by atoms with Crippen LogP contribution in [0.15, 0.2) is 24.3 Å². The Bertz CT molecular complexity index is 462. The van der Waals surface area contributed by atoms with E-state index in [9.17, 15) is 4.79 Å². The highest BCUT2D eigenvalue weighted by atomic mass is 32.1. The van der Waals surface area contributed by atoms with E-state index in [2.05, 4.69) is 0 Å². The van der Waals surface area contributed by atoms with Gasteiger partial charge in [0.1, 0.15) is 5.75 Å². The molecule has 1 unspecified atom stereocenters. The van der Waals surface area contributed by atoms with Gasteiger partial charge in [0.2, 0.25) is 0 Å². The lowest BCUT2D eigenvalue weighted by molar-refractivity contribution is -0.137. The van der Waals surface area contributed by atoms with Crippen molar-refractivity contribution in [3.63, 3.8) is 0 Å².